The van der Waals surface area contributed by atoms with Crippen molar-refractivity contribution in [3.05, 3.63) is 0 Å². The van der Waals surface area contributed by atoms with E-state index >= 15 is 0 Å². The normalized spacial score (nSPS) is 18.1. The van der Waals surface area contributed by atoms with Gasteiger partial charge in [0, 0.05) is 6.21 Å². The van der Waals surface area contributed by atoms with Crippen LogP contribution in [0.5, 0.6) is 0 Å². The first kappa shape index (κ1) is 18.0. The highest BCUT2D eigenvalue weighted by molar-refractivity contribution is 7.85. The van der Waals surface area contributed by atoms with E-state index in [1.54, 1.807) is 6.21 Å². The zero-order valence-corrected chi connectivity index (χ0v) is 15.1. The molecule has 0 amide bonds. The Morgan fingerprint density at radius 2 is 1.61 bits per heavy atom. The second-order valence-corrected chi connectivity index (χ2v) is 13.9. The van der Waals surface area contributed by atoms with Gasteiger partial charge in [0.05, 0.1) is 10.9 Å². The van der Waals surface area contributed by atoms with Gasteiger partial charge in [0.1, 0.15) is 11.0 Å². The molecule has 0 aliphatic carbocycles. The molecule has 18 heavy (non-hydrogen) atoms. The number of nitrogens with zero attached hydrogens (tertiary/aromatic N) is 1. The zero-order valence-electron chi connectivity index (χ0n) is 13.3. The van der Waals surface area contributed by atoms with E-state index in [9.17, 15) is 4.21 Å². The van der Waals surface area contributed by atoms with E-state index in [0.717, 1.165) is 0 Å². The molecular formula is C13H29NO2SSi. The molecule has 0 fully saturated rings. The maximum absolute atomic E-state index is 11.8. The largest absolute Gasteiger partial charge is 0.409 e. The van der Waals surface area contributed by atoms with E-state index < -0.39 is 19.3 Å². The van der Waals surface area contributed by atoms with Crippen molar-refractivity contribution in [2.75, 3.05) is 0 Å². The molecule has 0 bridgehead atoms. The summed E-state index contributed by atoms with van der Waals surface area (Å²) >= 11 is 0. The molecule has 0 radical (unpaired) electrons. The smallest absolute Gasteiger partial charge is 0.192 e. The lowest BCUT2D eigenvalue weighted by Gasteiger charge is -2.37. The topological polar surface area (TPSA) is 38.7 Å². The predicted molar refractivity (Wildman–Crippen MR) is 84.1 cm³/mol. The van der Waals surface area contributed by atoms with Gasteiger partial charge in [-0.2, -0.15) is 4.40 Å². The molecule has 5 heteroatoms. The third-order valence-electron chi connectivity index (χ3n) is 3.18. The highest BCUT2D eigenvalue weighted by atomic mass is 32.2. The average molecular weight is 292 g/mol. The van der Waals surface area contributed by atoms with Crippen molar-refractivity contribution >= 4 is 25.5 Å². The van der Waals surface area contributed by atoms with Crippen LogP contribution in [0.2, 0.25) is 18.1 Å². The Hall–Kier alpha value is -0.00312. The Labute approximate surface area is 116 Å². The first-order chi connectivity index (χ1) is 7.77. The maximum Gasteiger partial charge on any atom is 0.192 e. The van der Waals surface area contributed by atoms with E-state index in [0.29, 0.717) is 0 Å². The van der Waals surface area contributed by atoms with Gasteiger partial charge in [0.25, 0.3) is 0 Å². The lowest BCUT2D eigenvalue weighted by molar-refractivity contribution is 0.264. The van der Waals surface area contributed by atoms with Crippen molar-refractivity contribution < 1.29 is 8.63 Å². The molecule has 0 heterocycles. The molecule has 2 atom stereocenters. The molecule has 0 aromatic rings. The summed E-state index contributed by atoms with van der Waals surface area (Å²) in [7, 11) is -2.98. The van der Waals surface area contributed by atoms with E-state index in [4.69, 9.17) is 4.43 Å². The summed E-state index contributed by atoms with van der Waals surface area (Å²) in [6.07, 6.45) is 1.60. The van der Waals surface area contributed by atoms with Crippen LogP contribution in [0.4, 0.5) is 0 Å². The summed E-state index contributed by atoms with van der Waals surface area (Å²) in [6.45, 7) is 18.7. The standard InChI is InChI=1S/C13H29NO2SSi/c1-11(10-14-17(15)12(2,3)4)16-18(8,9)13(5,6)7/h10-11H,1-9H3/b14-10+/t11-,17-/m0/s1. The molecule has 3 nitrogen and oxygen atoms in total. The minimum absolute atomic E-state index is 0.0859. The molecule has 0 N–H and O–H groups in total. The van der Waals surface area contributed by atoms with Gasteiger partial charge in [-0.05, 0) is 45.8 Å². The quantitative estimate of drug-likeness (QED) is 0.581. The fourth-order valence-electron chi connectivity index (χ4n) is 0.971. The van der Waals surface area contributed by atoms with E-state index in [2.05, 4.69) is 38.3 Å². The third-order valence-corrected chi connectivity index (χ3v) is 9.11. The number of rotatable bonds is 4. The summed E-state index contributed by atoms with van der Waals surface area (Å²) in [6, 6.07) is 0. The highest BCUT2D eigenvalue weighted by Crippen LogP contribution is 2.37. The minimum Gasteiger partial charge on any atom is -0.409 e. The van der Waals surface area contributed by atoms with Gasteiger partial charge < -0.3 is 4.43 Å². The van der Waals surface area contributed by atoms with Gasteiger partial charge in [-0.1, -0.05) is 20.8 Å². The van der Waals surface area contributed by atoms with E-state index in [1.165, 1.54) is 0 Å². The van der Waals surface area contributed by atoms with Crippen molar-refractivity contribution in [2.24, 2.45) is 4.40 Å². The highest BCUT2D eigenvalue weighted by Gasteiger charge is 2.38. The van der Waals surface area contributed by atoms with Crippen LogP contribution >= 0.6 is 0 Å². The average Bonchev–Trinajstić information content (AvgIpc) is 2.09. The summed E-state index contributed by atoms with van der Waals surface area (Å²) < 4.78 is 21.7. The van der Waals surface area contributed by atoms with Crippen LogP contribution in [0.15, 0.2) is 4.40 Å². The van der Waals surface area contributed by atoms with Crippen molar-refractivity contribution in [2.45, 2.75) is 77.4 Å². The second-order valence-electron chi connectivity index (χ2n) is 7.20. The summed E-state index contributed by atoms with van der Waals surface area (Å²) in [5, 5.41) is 0.179. The predicted octanol–water partition coefficient (Wildman–Crippen LogP) is 3.93. The summed E-state index contributed by atoms with van der Waals surface area (Å²) in [5.74, 6) is 0. The van der Waals surface area contributed by atoms with E-state index in [1.807, 2.05) is 27.7 Å². The van der Waals surface area contributed by atoms with Crippen LogP contribution in [0, 0.1) is 0 Å². The molecule has 0 aliphatic rings. The first-order valence-electron chi connectivity index (χ1n) is 6.41. The SMILES string of the molecule is C[C@@H](/C=N/[S@@](=O)C(C)(C)C)O[Si](C)(C)C(C)(C)C. The lowest BCUT2D eigenvalue weighted by atomic mass is 10.2. The van der Waals surface area contributed by atoms with Crippen molar-refractivity contribution in [3.63, 3.8) is 0 Å². The van der Waals surface area contributed by atoms with E-state index in [-0.39, 0.29) is 15.9 Å². The molecule has 0 saturated heterocycles. The van der Waals surface area contributed by atoms with Crippen molar-refractivity contribution in [1.82, 2.24) is 0 Å². The lowest BCUT2D eigenvalue weighted by Crippen LogP contribution is -2.43. The molecule has 0 aromatic carbocycles. The van der Waals surface area contributed by atoms with Gasteiger partial charge in [0.15, 0.2) is 8.32 Å². The van der Waals surface area contributed by atoms with Crippen LogP contribution < -0.4 is 0 Å². The Bertz CT molecular complexity index is 327. The molecule has 0 saturated carbocycles. The second kappa shape index (κ2) is 5.97. The summed E-state index contributed by atoms with van der Waals surface area (Å²) in [5.41, 5.74) is 0. The molecule has 0 spiro atoms. The fraction of sp³-hybridized carbons (Fsp3) is 0.923. The van der Waals surface area contributed by atoms with Gasteiger partial charge in [0.2, 0.25) is 0 Å². The Balaban J connectivity index is 4.59. The van der Waals surface area contributed by atoms with Gasteiger partial charge in [-0.15, -0.1) is 0 Å². The van der Waals surface area contributed by atoms with Crippen LogP contribution in [0.25, 0.3) is 0 Å². The van der Waals surface area contributed by atoms with Crippen LogP contribution in [-0.4, -0.2) is 29.6 Å². The molecular weight excluding hydrogens is 262 g/mol. The maximum atomic E-state index is 11.8. The molecule has 0 aliphatic heterocycles. The van der Waals surface area contributed by atoms with Gasteiger partial charge in [-0.3, -0.25) is 0 Å². The molecule has 0 aromatic heterocycles. The van der Waals surface area contributed by atoms with Crippen molar-refractivity contribution in [3.8, 4) is 0 Å². The third kappa shape index (κ3) is 5.76. The van der Waals surface area contributed by atoms with Crippen molar-refractivity contribution in [1.29, 1.82) is 0 Å². The fourth-order valence-corrected chi connectivity index (χ4v) is 2.91. The Morgan fingerprint density at radius 3 is 1.94 bits per heavy atom. The number of hydrogen-bond donors (Lipinski definition) is 0. The summed E-state index contributed by atoms with van der Waals surface area (Å²) in [4.78, 5) is 0. The monoisotopic (exact) mass is 291 g/mol. The minimum atomic E-state index is -1.78. The Morgan fingerprint density at radius 1 is 1.17 bits per heavy atom. The van der Waals surface area contributed by atoms with Gasteiger partial charge >= 0.3 is 0 Å². The first-order valence-corrected chi connectivity index (χ1v) is 10.4. The molecule has 0 unspecified atom stereocenters. The molecule has 0 rings (SSSR count). The number of hydrogen-bond acceptors (Lipinski definition) is 2. The van der Waals surface area contributed by atoms with Crippen LogP contribution in [-0.2, 0) is 15.4 Å². The molecule has 108 valence electrons. The van der Waals surface area contributed by atoms with Gasteiger partial charge in [-0.25, -0.2) is 4.21 Å². The van der Waals surface area contributed by atoms with Crippen LogP contribution in [0.3, 0.4) is 0 Å². The Kier molecular flexibility index (Phi) is 5.97. The van der Waals surface area contributed by atoms with Crippen LogP contribution in [0.1, 0.15) is 48.5 Å². The zero-order chi connectivity index (χ0) is 14.8.